The van der Waals surface area contributed by atoms with Gasteiger partial charge in [-0.3, -0.25) is 5.43 Å². The van der Waals surface area contributed by atoms with Crippen LogP contribution in [0.15, 0.2) is 53.9 Å². The maximum absolute atomic E-state index is 9.91. The molecule has 8 nitrogen and oxygen atoms in total. The van der Waals surface area contributed by atoms with E-state index >= 15 is 0 Å². The number of phenols is 1. The summed E-state index contributed by atoms with van der Waals surface area (Å²) in [5.41, 5.74) is 5.44. The van der Waals surface area contributed by atoms with Gasteiger partial charge >= 0.3 is 0 Å². The average Bonchev–Trinajstić information content (AvgIpc) is 3.19. The number of anilines is 1. The van der Waals surface area contributed by atoms with E-state index < -0.39 is 0 Å². The van der Waals surface area contributed by atoms with E-state index in [0.717, 1.165) is 10.4 Å². The van der Waals surface area contributed by atoms with E-state index in [1.807, 2.05) is 31.2 Å². The zero-order valence-corrected chi connectivity index (χ0v) is 18.2. The Bertz CT molecular complexity index is 1340. The molecule has 2 aromatic heterocycles. The highest BCUT2D eigenvalue weighted by atomic mass is 32.1. The fourth-order valence-electron chi connectivity index (χ4n) is 3.17. The van der Waals surface area contributed by atoms with E-state index in [2.05, 4.69) is 26.6 Å². The van der Waals surface area contributed by atoms with E-state index in [-0.39, 0.29) is 5.75 Å². The molecular formula is C23H19N5O3S. The Hall–Kier alpha value is -4.16. The summed E-state index contributed by atoms with van der Waals surface area (Å²) in [4.78, 5) is 9.38. The number of hydrogen-bond acceptors (Lipinski definition) is 9. The smallest absolute Gasteiger partial charge is 0.167 e. The van der Waals surface area contributed by atoms with Crippen LogP contribution < -0.4 is 14.9 Å². The van der Waals surface area contributed by atoms with Crippen LogP contribution >= 0.6 is 11.3 Å². The number of hydrogen-bond donors (Lipinski definition) is 2. The number of thiophene rings is 1. The lowest BCUT2D eigenvalue weighted by Crippen LogP contribution is -1.95. The number of hydrazone groups is 1. The number of methoxy groups -OCH3 is 1. The van der Waals surface area contributed by atoms with Gasteiger partial charge in [-0.05, 0) is 42.8 Å². The van der Waals surface area contributed by atoms with Crippen molar-refractivity contribution in [2.45, 2.75) is 6.92 Å². The molecule has 0 unspecified atom stereocenters. The molecule has 0 saturated carbocycles. The highest BCUT2D eigenvalue weighted by Crippen LogP contribution is 2.43. The monoisotopic (exact) mass is 445 g/mol. The van der Waals surface area contributed by atoms with Crippen LogP contribution in [0.4, 0.5) is 5.82 Å². The molecule has 0 saturated heterocycles. The number of aromatic hydroxyl groups is 1. The van der Waals surface area contributed by atoms with Crippen molar-refractivity contribution in [3.05, 3.63) is 59.9 Å². The molecule has 4 aromatic rings. The first-order valence-electron chi connectivity index (χ1n) is 9.72. The molecular weight excluding hydrogens is 426 g/mol. The van der Waals surface area contributed by atoms with Gasteiger partial charge in [-0.15, -0.1) is 11.3 Å². The number of nitrogens with zero attached hydrogens (tertiary/aromatic N) is 4. The third-order valence-electron chi connectivity index (χ3n) is 4.60. The Balaban J connectivity index is 1.70. The number of aromatic nitrogens is 2. The maximum atomic E-state index is 9.91. The first kappa shape index (κ1) is 21.1. The van der Waals surface area contributed by atoms with Crippen molar-refractivity contribution in [3.8, 4) is 33.8 Å². The standard InChI is InChI=1S/C23H19N5O3S/c1-3-31-18-7-5-4-6-15(18)21-16(11-24)20-22(32-21)23(26-13-25-20)28-27-12-14-8-9-19(30-2)17(29)10-14/h4-10,12-13,29H,3H2,1-2H3,(H,25,26,28)/b27-12+. The minimum Gasteiger partial charge on any atom is -0.504 e. The molecule has 9 heteroatoms. The summed E-state index contributed by atoms with van der Waals surface area (Å²) in [5, 5.41) is 24.0. The van der Waals surface area contributed by atoms with Gasteiger partial charge in [0.05, 0.1) is 35.1 Å². The summed E-state index contributed by atoms with van der Waals surface area (Å²) in [6.45, 7) is 2.44. The molecule has 0 aliphatic carbocycles. The molecule has 0 bridgehead atoms. The lowest BCUT2D eigenvalue weighted by atomic mass is 10.1. The molecule has 2 N–H and O–H groups in total. The minimum absolute atomic E-state index is 0.0235. The van der Waals surface area contributed by atoms with E-state index in [1.165, 1.54) is 24.8 Å². The normalized spacial score (nSPS) is 10.9. The number of nitriles is 1. The van der Waals surface area contributed by atoms with Crippen LogP contribution in [0, 0.1) is 11.3 Å². The Kier molecular flexibility index (Phi) is 6.14. The van der Waals surface area contributed by atoms with Crippen molar-refractivity contribution in [1.82, 2.24) is 9.97 Å². The van der Waals surface area contributed by atoms with Crippen molar-refractivity contribution in [2.75, 3.05) is 19.1 Å². The molecule has 2 aromatic carbocycles. The molecule has 4 rings (SSSR count). The van der Waals surface area contributed by atoms with Gasteiger partial charge in [0.15, 0.2) is 17.3 Å². The molecule has 160 valence electrons. The number of fused-ring (bicyclic) bond motifs is 1. The number of para-hydroxylation sites is 1. The number of ether oxygens (including phenoxy) is 2. The molecule has 0 aliphatic heterocycles. The fourth-order valence-corrected chi connectivity index (χ4v) is 4.35. The minimum atomic E-state index is 0.0235. The Morgan fingerprint density at radius 3 is 2.81 bits per heavy atom. The van der Waals surface area contributed by atoms with Crippen molar-refractivity contribution in [2.24, 2.45) is 5.10 Å². The summed E-state index contributed by atoms with van der Waals surface area (Å²) < 4.78 is 11.5. The largest absolute Gasteiger partial charge is 0.504 e. The zero-order valence-electron chi connectivity index (χ0n) is 17.4. The van der Waals surface area contributed by atoms with E-state index in [0.29, 0.717) is 45.3 Å². The predicted molar refractivity (Wildman–Crippen MR) is 125 cm³/mol. The highest BCUT2D eigenvalue weighted by molar-refractivity contribution is 7.23. The van der Waals surface area contributed by atoms with Crippen LogP contribution in [0.2, 0.25) is 0 Å². The third kappa shape index (κ3) is 4.04. The fraction of sp³-hybridized carbons (Fsp3) is 0.130. The van der Waals surface area contributed by atoms with Gasteiger partial charge in [-0.1, -0.05) is 12.1 Å². The molecule has 0 aliphatic rings. The van der Waals surface area contributed by atoms with Gasteiger partial charge in [0, 0.05) is 5.56 Å². The van der Waals surface area contributed by atoms with Crippen molar-refractivity contribution < 1.29 is 14.6 Å². The molecule has 0 atom stereocenters. The van der Waals surface area contributed by atoms with Gasteiger partial charge in [-0.2, -0.15) is 10.4 Å². The van der Waals surface area contributed by atoms with Gasteiger partial charge in [0.25, 0.3) is 0 Å². The molecule has 32 heavy (non-hydrogen) atoms. The second kappa shape index (κ2) is 9.32. The molecule has 0 spiro atoms. The molecule has 2 heterocycles. The van der Waals surface area contributed by atoms with Crippen molar-refractivity contribution >= 4 is 33.6 Å². The lowest BCUT2D eigenvalue weighted by molar-refractivity contribution is 0.341. The summed E-state index contributed by atoms with van der Waals surface area (Å²) in [6.07, 6.45) is 2.95. The number of nitrogens with one attached hydrogen (secondary N) is 1. The number of benzene rings is 2. The van der Waals surface area contributed by atoms with E-state index in [1.54, 1.807) is 24.4 Å². The van der Waals surface area contributed by atoms with Gasteiger partial charge in [0.1, 0.15) is 23.7 Å². The molecule has 0 fully saturated rings. The van der Waals surface area contributed by atoms with Gasteiger partial charge in [0.2, 0.25) is 0 Å². The topological polar surface area (TPSA) is 113 Å². The summed E-state index contributed by atoms with van der Waals surface area (Å²) in [6, 6.07) is 14.8. The van der Waals surface area contributed by atoms with Gasteiger partial charge < -0.3 is 14.6 Å². The van der Waals surface area contributed by atoms with Gasteiger partial charge in [-0.25, -0.2) is 9.97 Å². The summed E-state index contributed by atoms with van der Waals surface area (Å²) in [7, 11) is 1.49. The molecule has 0 amide bonds. The average molecular weight is 446 g/mol. The van der Waals surface area contributed by atoms with E-state index in [4.69, 9.17) is 9.47 Å². The summed E-state index contributed by atoms with van der Waals surface area (Å²) in [5.74, 6) is 1.59. The van der Waals surface area contributed by atoms with Crippen molar-refractivity contribution in [3.63, 3.8) is 0 Å². The SMILES string of the molecule is CCOc1ccccc1-c1sc2c(N/N=C/c3ccc(OC)c(O)c3)ncnc2c1C#N. The Morgan fingerprint density at radius 1 is 1.22 bits per heavy atom. The third-order valence-corrected chi connectivity index (χ3v) is 5.82. The lowest BCUT2D eigenvalue weighted by Gasteiger charge is -2.08. The van der Waals surface area contributed by atoms with Crippen LogP contribution in [0.3, 0.4) is 0 Å². The zero-order chi connectivity index (χ0) is 22.5. The number of rotatable bonds is 7. The van der Waals surface area contributed by atoms with Crippen LogP contribution in [0.5, 0.6) is 17.2 Å². The van der Waals surface area contributed by atoms with Crippen LogP contribution in [-0.4, -0.2) is 35.0 Å². The Labute approximate surface area is 188 Å². The summed E-state index contributed by atoms with van der Waals surface area (Å²) >= 11 is 1.40. The maximum Gasteiger partial charge on any atom is 0.167 e. The first-order chi connectivity index (χ1) is 15.7. The second-order valence-corrected chi connectivity index (χ2v) is 7.57. The van der Waals surface area contributed by atoms with Crippen LogP contribution in [-0.2, 0) is 0 Å². The highest BCUT2D eigenvalue weighted by Gasteiger charge is 2.20. The Morgan fingerprint density at radius 2 is 2.06 bits per heavy atom. The van der Waals surface area contributed by atoms with E-state index in [9.17, 15) is 10.4 Å². The van der Waals surface area contributed by atoms with Crippen molar-refractivity contribution in [1.29, 1.82) is 5.26 Å². The quantitative estimate of drug-likeness (QED) is 0.311. The second-order valence-electron chi connectivity index (χ2n) is 6.55. The van der Waals surface area contributed by atoms with Crippen LogP contribution in [0.1, 0.15) is 18.1 Å². The predicted octanol–water partition coefficient (Wildman–Crippen LogP) is 4.79. The molecule has 0 radical (unpaired) electrons. The van der Waals surface area contributed by atoms with Crippen LogP contribution in [0.25, 0.3) is 20.7 Å². The number of phenolic OH excluding ortho intramolecular Hbond substituents is 1. The first-order valence-corrected chi connectivity index (χ1v) is 10.5.